The fraction of sp³-hybridized carbons (Fsp3) is 0.0588. The number of hydrogen-bond donors (Lipinski definition) is 0. The van der Waals surface area contributed by atoms with Crippen LogP contribution in [0.2, 0.25) is 0 Å². The van der Waals surface area contributed by atoms with Crippen molar-refractivity contribution in [3.8, 4) is 5.75 Å². The van der Waals surface area contributed by atoms with E-state index >= 15 is 0 Å². The van der Waals surface area contributed by atoms with Gasteiger partial charge in [-0.1, -0.05) is 12.1 Å². The maximum atomic E-state index is 12.0. The van der Waals surface area contributed by atoms with Crippen LogP contribution in [0, 0.1) is 10.1 Å². The first kappa shape index (κ1) is 16.8. The second kappa shape index (κ2) is 6.86. The number of nitrogens with zero attached hydrogens (tertiary/aromatic N) is 2. The summed E-state index contributed by atoms with van der Waals surface area (Å²) in [5.74, 6) is 0.0814. The molecule has 0 aromatic heterocycles. The molecule has 0 N–H and O–H groups in total. The Bertz CT molecular complexity index is 936. The van der Waals surface area contributed by atoms with Gasteiger partial charge in [-0.2, -0.15) is 0 Å². The lowest BCUT2D eigenvalue weighted by Crippen LogP contribution is -2.05. The van der Waals surface area contributed by atoms with Gasteiger partial charge in [-0.3, -0.25) is 10.1 Å². The predicted octanol–water partition coefficient (Wildman–Crippen LogP) is 3.71. The van der Waals surface area contributed by atoms with E-state index in [-0.39, 0.29) is 17.3 Å². The Hall–Kier alpha value is -3.00. The number of carbonyl (C=O) groups excluding carboxylic acids is 1. The molecule has 0 saturated carbocycles. The number of rotatable bonds is 4. The van der Waals surface area contributed by atoms with Crippen LogP contribution in [0.4, 0.5) is 5.69 Å². The summed E-state index contributed by atoms with van der Waals surface area (Å²) in [5.41, 5.74) is 1.09. The molecule has 3 rings (SSSR count). The number of aliphatic imine (C=N–C) groups is 1. The van der Waals surface area contributed by atoms with Gasteiger partial charge in [0.25, 0.3) is 5.69 Å². The average molecular weight is 403 g/mol. The van der Waals surface area contributed by atoms with E-state index in [2.05, 4.69) is 20.9 Å². The highest BCUT2D eigenvalue weighted by Gasteiger charge is 2.25. The lowest BCUT2D eigenvalue weighted by atomic mass is 10.2. The van der Waals surface area contributed by atoms with Gasteiger partial charge in [0.05, 0.1) is 16.5 Å². The topological polar surface area (TPSA) is 91.0 Å². The molecule has 0 atom stereocenters. The van der Waals surface area contributed by atoms with Crippen LogP contribution in [-0.2, 0) is 9.53 Å². The van der Waals surface area contributed by atoms with Crippen molar-refractivity contribution in [2.45, 2.75) is 0 Å². The molecule has 2 aromatic rings. The Balaban J connectivity index is 1.93. The van der Waals surface area contributed by atoms with Gasteiger partial charge in [0, 0.05) is 17.7 Å². The van der Waals surface area contributed by atoms with E-state index < -0.39 is 10.9 Å². The molecule has 1 heterocycles. The van der Waals surface area contributed by atoms with Crippen molar-refractivity contribution in [3.05, 3.63) is 73.9 Å². The van der Waals surface area contributed by atoms with Gasteiger partial charge in [-0.15, -0.1) is 0 Å². The summed E-state index contributed by atoms with van der Waals surface area (Å²) in [6, 6.07) is 11.1. The zero-order valence-corrected chi connectivity index (χ0v) is 14.5. The molecule has 0 aliphatic carbocycles. The fourth-order valence-electron chi connectivity index (χ4n) is 2.22. The van der Waals surface area contributed by atoms with E-state index in [0.29, 0.717) is 11.3 Å². The maximum absolute atomic E-state index is 12.0. The van der Waals surface area contributed by atoms with Crippen LogP contribution in [0.25, 0.3) is 6.08 Å². The zero-order chi connectivity index (χ0) is 18.0. The molecule has 0 bridgehead atoms. The molecular weight excluding hydrogens is 392 g/mol. The number of halogens is 1. The summed E-state index contributed by atoms with van der Waals surface area (Å²) in [6.45, 7) is 0. The number of ether oxygens (including phenoxy) is 2. The van der Waals surface area contributed by atoms with Crippen molar-refractivity contribution in [1.82, 2.24) is 0 Å². The minimum Gasteiger partial charge on any atom is -0.496 e. The molecule has 0 unspecified atom stereocenters. The van der Waals surface area contributed by atoms with E-state index in [0.717, 1.165) is 10.0 Å². The lowest BCUT2D eigenvalue weighted by Gasteiger charge is -2.03. The third kappa shape index (κ3) is 3.58. The molecule has 0 saturated heterocycles. The Kier molecular flexibility index (Phi) is 4.62. The van der Waals surface area contributed by atoms with E-state index in [9.17, 15) is 14.9 Å². The highest BCUT2D eigenvalue weighted by atomic mass is 79.9. The molecule has 0 spiro atoms. The number of nitro groups is 1. The molecule has 1 aliphatic heterocycles. The first-order chi connectivity index (χ1) is 12.0. The minimum atomic E-state index is -0.617. The second-order valence-electron chi connectivity index (χ2n) is 5.04. The fourth-order valence-corrected chi connectivity index (χ4v) is 2.77. The second-order valence-corrected chi connectivity index (χ2v) is 5.89. The molecule has 0 radical (unpaired) electrons. The maximum Gasteiger partial charge on any atom is 0.363 e. The summed E-state index contributed by atoms with van der Waals surface area (Å²) in [5, 5.41) is 10.9. The molecule has 0 amide bonds. The number of nitro benzene ring substituents is 1. The van der Waals surface area contributed by atoms with Crippen LogP contribution < -0.4 is 4.74 Å². The molecule has 126 valence electrons. The largest absolute Gasteiger partial charge is 0.496 e. The molecular formula is C17H11BrN2O5. The summed E-state index contributed by atoms with van der Waals surface area (Å²) in [4.78, 5) is 26.5. The summed E-state index contributed by atoms with van der Waals surface area (Å²) in [7, 11) is 1.56. The van der Waals surface area contributed by atoms with E-state index in [4.69, 9.17) is 9.47 Å². The molecule has 0 fully saturated rings. The molecule has 7 nitrogen and oxygen atoms in total. The van der Waals surface area contributed by atoms with Crippen LogP contribution in [0.1, 0.15) is 11.1 Å². The van der Waals surface area contributed by atoms with Crippen LogP contribution in [0.15, 0.2) is 57.6 Å². The van der Waals surface area contributed by atoms with Crippen molar-refractivity contribution >= 4 is 39.6 Å². The standard InChI is InChI=1S/C17H11BrN2O5/c1-24-15-6-5-10(7-13(15)18)8-14-17(21)25-16(19-14)11-3-2-4-12(9-11)20(22)23/h2-9H,1H3. The van der Waals surface area contributed by atoms with E-state index in [1.807, 2.05) is 0 Å². The number of cyclic esters (lactones) is 1. The van der Waals surface area contributed by atoms with Crippen molar-refractivity contribution in [2.24, 2.45) is 4.99 Å². The highest BCUT2D eigenvalue weighted by molar-refractivity contribution is 9.10. The molecule has 25 heavy (non-hydrogen) atoms. The molecule has 8 heteroatoms. The van der Waals surface area contributed by atoms with Gasteiger partial charge in [-0.25, -0.2) is 9.79 Å². The first-order valence-electron chi connectivity index (χ1n) is 7.09. The van der Waals surface area contributed by atoms with E-state index in [1.54, 1.807) is 37.5 Å². The smallest absolute Gasteiger partial charge is 0.363 e. The quantitative estimate of drug-likeness (QED) is 0.336. The van der Waals surface area contributed by atoms with Gasteiger partial charge >= 0.3 is 5.97 Å². The van der Waals surface area contributed by atoms with Gasteiger partial charge in [0.2, 0.25) is 5.90 Å². The SMILES string of the molecule is COc1ccc(C=C2N=C(c3cccc([N+](=O)[O-])c3)OC2=O)cc1Br. The Morgan fingerprint density at radius 3 is 2.76 bits per heavy atom. The number of carbonyl (C=O) groups is 1. The van der Waals surface area contributed by atoms with Crippen LogP contribution in [-0.4, -0.2) is 23.9 Å². The molecule has 2 aromatic carbocycles. The number of non-ortho nitro benzene ring substituents is 1. The Morgan fingerprint density at radius 2 is 2.08 bits per heavy atom. The normalized spacial score (nSPS) is 15.0. The van der Waals surface area contributed by atoms with Crippen molar-refractivity contribution < 1.29 is 19.2 Å². The third-order valence-electron chi connectivity index (χ3n) is 3.40. The summed E-state index contributed by atoms with van der Waals surface area (Å²) < 4.78 is 11.0. The van der Waals surface area contributed by atoms with Crippen molar-refractivity contribution in [3.63, 3.8) is 0 Å². The Morgan fingerprint density at radius 1 is 1.28 bits per heavy atom. The highest BCUT2D eigenvalue weighted by Crippen LogP contribution is 2.27. The number of benzene rings is 2. The van der Waals surface area contributed by atoms with Gasteiger partial charge in [0.1, 0.15) is 5.75 Å². The zero-order valence-electron chi connectivity index (χ0n) is 12.9. The number of methoxy groups -OCH3 is 1. The van der Waals surface area contributed by atoms with Crippen LogP contribution >= 0.6 is 15.9 Å². The van der Waals surface area contributed by atoms with Crippen LogP contribution in [0.3, 0.4) is 0 Å². The van der Waals surface area contributed by atoms with Crippen molar-refractivity contribution in [1.29, 1.82) is 0 Å². The van der Waals surface area contributed by atoms with Gasteiger partial charge in [-0.05, 0) is 45.8 Å². The number of esters is 1. The summed E-state index contributed by atoms with van der Waals surface area (Å²) >= 11 is 3.37. The van der Waals surface area contributed by atoms with Gasteiger partial charge in [0.15, 0.2) is 5.70 Å². The monoisotopic (exact) mass is 402 g/mol. The number of hydrogen-bond acceptors (Lipinski definition) is 6. The Labute approximate surface area is 150 Å². The average Bonchev–Trinajstić information content (AvgIpc) is 2.96. The van der Waals surface area contributed by atoms with Crippen molar-refractivity contribution in [2.75, 3.05) is 7.11 Å². The van der Waals surface area contributed by atoms with E-state index in [1.165, 1.54) is 18.2 Å². The van der Waals surface area contributed by atoms with Gasteiger partial charge < -0.3 is 9.47 Å². The molecule has 1 aliphatic rings. The van der Waals surface area contributed by atoms with Crippen LogP contribution in [0.5, 0.6) is 5.75 Å². The minimum absolute atomic E-state index is 0.0347. The first-order valence-corrected chi connectivity index (χ1v) is 7.88. The summed E-state index contributed by atoms with van der Waals surface area (Å²) in [6.07, 6.45) is 1.57. The predicted molar refractivity (Wildman–Crippen MR) is 94.4 cm³/mol. The third-order valence-corrected chi connectivity index (χ3v) is 4.02. The lowest BCUT2D eigenvalue weighted by molar-refractivity contribution is -0.384.